The number of hydrogen-bond donors (Lipinski definition) is 2. The quantitative estimate of drug-likeness (QED) is 0.260. The lowest BCUT2D eigenvalue weighted by atomic mass is 9.85. The minimum Gasteiger partial charge on any atom is -0.391 e. The topological polar surface area (TPSA) is 80.3 Å². The Labute approximate surface area is 225 Å². The lowest BCUT2D eigenvalue weighted by Gasteiger charge is -2.36. The minimum atomic E-state index is -0.518. The van der Waals surface area contributed by atoms with E-state index in [0.717, 1.165) is 32.1 Å². The first-order valence-corrected chi connectivity index (χ1v) is 14.7. The Morgan fingerprint density at radius 1 is 1.16 bits per heavy atom. The molecule has 3 rings (SSSR count). The molecule has 0 bridgehead atoms. The van der Waals surface area contributed by atoms with Gasteiger partial charge in [0, 0.05) is 25.5 Å². The van der Waals surface area contributed by atoms with E-state index in [1.807, 2.05) is 0 Å². The summed E-state index contributed by atoms with van der Waals surface area (Å²) >= 11 is 0. The van der Waals surface area contributed by atoms with Gasteiger partial charge in [0.2, 0.25) is 5.91 Å². The van der Waals surface area contributed by atoms with E-state index < -0.39 is 6.10 Å². The van der Waals surface area contributed by atoms with Crippen LogP contribution in [-0.4, -0.2) is 60.8 Å². The average Bonchev–Trinajstić information content (AvgIpc) is 3.54. The summed E-state index contributed by atoms with van der Waals surface area (Å²) in [6.07, 6.45) is 14.9. The first-order valence-electron chi connectivity index (χ1n) is 14.7. The van der Waals surface area contributed by atoms with Crippen molar-refractivity contribution in [2.75, 3.05) is 13.7 Å². The third-order valence-corrected chi connectivity index (χ3v) is 8.94. The van der Waals surface area contributed by atoms with Gasteiger partial charge in [-0.15, -0.1) is 0 Å². The van der Waals surface area contributed by atoms with Crippen LogP contribution in [0.2, 0.25) is 0 Å². The van der Waals surface area contributed by atoms with Gasteiger partial charge in [-0.05, 0) is 70.3 Å². The molecular formula is C31H53NO5. The van der Waals surface area contributed by atoms with Crippen LogP contribution in [0.25, 0.3) is 0 Å². The predicted octanol–water partition coefficient (Wildman–Crippen LogP) is 5.58. The van der Waals surface area contributed by atoms with Gasteiger partial charge in [0.25, 0.3) is 0 Å². The van der Waals surface area contributed by atoms with Gasteiger partial charge in [-0.1, -0.05) is 58.3 Å². The van der Waals surface area contributed by atoms with Crippen molar-refractivity contribution in [3.05, 3.63) is 23.8 Å². The first kappa shape index (κ1) is 30.3. The van der Waals surface area contributed by atoms with Crippen molar-refractivity contribution in [3.8, 4) is 0 Å². The SMILES string of the molecule is CO[C@H]([C@@H](C)[C@H]1O[C@]1(C)C[C@H](C)/C=C/C=C(\C)[C@H]1O[C@@H](CNC(=O)C2CCCCC2)CC[C@@H]1C)[C@@H](C)O. The van der Waals surface area contributed by atoms with Crippen molar-refractivity contribution in [1.29, 1.82) is 0 Å². The maximum absolute atomic E-state index is 12.6. The molecule has 3 fully saturated rings. The van der Waals surface area contributed by atoms with E-state index in [4.69, 9.17) is 14.2 Å². The van der Waals surface area contributed by atoms with Crippen molar-refractivity contribution < 1.29 is 24.1 Å². The van der Waals surface area contributed by atoms with Crippen LogP contribution < -0.4 is 5.32 Å². The molecule has 2 saturated heterocycles. The Bertz CT molecular complexity index is 788. The maximum Gasteiger partial charge on any atom is 0.223 e. The number of allylic oxidation sites excluding steroid dienone is 3. The molecule has 0 unspecified atom stereocenters. The lowest BCUT2D eigenvalue weighted by Crippen LogP contribution is -2.43. The number of carbonyl (C=O) groups excluding carboxylic acids is 1. The Morgan fingerprint density at radius 3 is 2.51 bits per heavy atom. The normalized spacial score (nSPS) is 34.6. The molecule has 1 aliphatic carbocycles. The maximum atomic E-state index is 12.6. The molecular weight excluding hydrogens is 466 g/mol. The third kappa shape index (κ3) is 8.39. The van der Waals surface area contributed by atoms with Gasteiger partial charge in [0.05, 0.1) is 36.1 Å². The second kappa shape index (κ2) is 13.7. The highest BCUT2D eigenvalue weighted by Gasteiger charge is 2.56. The van der Waals surface area contributed by atoms with E-state index in [1.165, 1.54) is 24.8 Å². The summed E-state index contributed by atoms with van der Waals surface area (Å²) in [5.41, 5.74) is 1.06. The van der Waals surface area contributed by atoms with Gasteiger partial charge in [-0.3, -0.25) is 4.79 Å². The standard InChI is InChI=1S/C31H53NO5/c1-20(18-31(6)29(37-31)23(4)28(35-7)24(5)33)12-11-13-21(2)27-22(3)16-17-26(36-27)19-32-30(34)25-14-9-8-10-15-25/h11-13,20,22-29,33H,8-10,14-19H2,1-7H3,(H,32,34)/b12-11+,21-13+/t20-,22+,23-,24-,26-,27-,28-,29-,31-/m1/s1. The predicted molar refractivity (Wildman–Crippen MR) is 148 cm³/mol. The molecule has 0 aromatic carbocycles. The number of methoxy groups -OCH3 is 1. The number of hydrogen-bond acceptors (Lipinski definition) is 5. The zero-order chi connectivity index (χ0) is 27.2. The van der Waals surface area contributed by atoms with Crippen molar-refractivity contribution in [2.45, 2.75) is 129 Å². The molecule has 1 saturated carbocycles. The molecule has 3 aliphatic rings. The molecule has 2 N–H and O–H groups in total. The molecule has 9 atom stereocenters. The molecule has 6 nitrogen and oxygen atoms in total. The molecule has 6 heteroatoms. The van der Waals surface area contributed by atoms with E-state index in [1.54, 1.807) is 14.0 Å². The largest absolute Gasteiger partial charge is 0.391 e. The smallest absolute Gasteiger partial charge is 0.223 e. The van der Waals surface area contributed by atoms with Crippen molar-refractivity contribution in [2.24, 2.45) is 23.7 Å². The summed E-state index contributed by atoms with van der Waals surface area (Å²) in [4.78, 5) is 12.6. The van der Waals surface area contributed by atoms with Crippen LogP contribution in [0.3, 0.4) is 0 Å². The van der Waals surface area contributed by atoms with Crippen molar-refractivity contribution >= 4 is 5.91 Å². The number of ether oxygens (including phenoxy) is 3. The fourth-order valence-electron chi connectivity index (χ4n) is 6.75. The van der Waals surface area contributed by atoms with Gasteiger partial charge >= 0.3 is 0 Å². The highest BCUT2D eigenvalue weighted by atomic mass is 16.6. The fraction of sp³-hybridized carbons (Fsp3) is 0.839. The summed E-state index contributed by atoms with van der Waals surface area (Å²) in [6.45, 7) is 13.3. The zero-order valence-electron chi connectivity index (χ0n) is 24.4. The van der Waals surface area contributed by atoms with Gasteiger partial charge < -0.3 is 24.6 Å². The van der Waals surface area contributed by atoms with E-state index in [-0.39, 0.29) is 47.8 Å². The Hall–Kier alpha value is -1.21. The number of carbonyl (C=O) groups is 1. The zero-order valence-corrected chi connectivity index (χ0v) is 24.4. The van der Waals surface area contributed by atoms with Crippen LogP contribution in [0.4, 0.5) is 0 Å². The van der Waals surface area contributed by atoms with Gasteiger partial charge in [0.15, 0.2) is 0 Å². The van der Waals surface area contributed by atoms with Crippen molar-refractivity contribution in [1.82, 2.24) is 5.32 Å². The molecule has 0 aromatic heterocycles. The molecule has 37 heavy (non-hydrogen) atoms. The molecule has 0 spiro atoms. The van der Waals surface area contributed by atoms with Crippen molar-refractivity contribution in [3.63, 3.8) is 0 Å². The van der Waals surface area contributed by atoms with Crippen LogP contribution in [0.15, 0.2) is 23.8 Å². The lowest BCUT2D eigenvalue weighted by molar-refractivity contribution is -0.127. The molecule has 2 heterocycles. The second-order valence-corrected chi connectivity index (χ2v) is 12.4. The van der Waals surface area contributed by atoms with Crippen LogP contribution in [0, 0.1) is 23.7 Å². The summed E-state index contributed by atoms with van der Waals surface area (Å²) in [5.74, 6) is 1.39. The van der Waals surface area contributed by atoms with Crippen LogP contribution in [0.5, 0.6) is 0 Å². The Balaban J connectivity index is 1.46. The van der Waals surface area contributed by atoms with Gasteiger partial charge in [0.1, 0.15) is 0 Å². The number of amides is 1. The first-order chi connectivity index (χ1) is 17.6. The number of nitrogens with one attached hydrogen (secondary N) is 1. The molecule has 0 radical (unpaired) electrons. The fourth-order valence-corrected chi connectivity index (χ4v) is 6.75. The van der Waals surface area contributed by atoms with Gasteiger partial charge in [-0.2, -0.15) is 0 Å². The monoisotopic (exact) mass is 519 g/mol. The number of epoxide rings is 1. The summed E-state index contributed by atoms with van der Waals surface area (Å²) < 4.78 is 18.1. The van der Waals surface area contributed by atoms with E-state index in [2.05, 4.69) is 58.2 Å². The number of rotatable bonds is 12. The van der Waals surface area contributed by atoms with Gasteiger partial charge in [-0.25, -0.2) is 0 Å². The number of aliphatic hydroxyl groups is 1. The highest BCUT2D eigenvalue weighted by molar-refractivity contribution is 5.78. The Morgan fingerprint density at radius 2 is 1.86 bits per heavy atom. The van der Waals surface area contributed by atoms with Crippen LogP contribution in [-0.2, 0) is 19.0 Å². The second-order valence-electron chi connectivity index (χ2n) is 12.4. The summed E-state index contributed by atoms with van der Waals surface area (Å²) in [6, 6.07) is 0. The Kier molecular flexibility index (Phi) is 11.3. The molecule has 2 aliphatic heterocycles. The van der Waals surface area contributed by atoms with E-state index >= 15 is 0 Å². The molecule has 1 amide bonds. The van der Waals surface area contributed by atoms with E-state index in [9.17, 15) is 9.90 Å². The summed E-state index contributed by atoms with van der Waals surface area (Å²) in [5, 5.41) is 13.2. The van der Waals surface area contributed by atoms with Crippen LogP contribution >= 0.6 is 0 Å². The summed E-state index contributed by atoms with van der Waals surface area (Å²) in [7, 11) is 1.65. The highest BCUT2D eigenvalue weighted by Crippen LogP contribution is 2.47. The average molecular weight is 520 g/mol. The molecule has 0 aromatic rings. The molecule has 212 valence electrons. The third-order valence-electron chi connectivity index (χ3n) is 8.94. The number of aliphatic hydroxyl groups excluding tert-OH is 1. The van der Waals surface area contributed by atoms with E-state index in [0.29, 0.717) is 18.4 Å². The van der Waals surface area contributed by atoms with Crippen LogP contribution in [0.1, 0.15) is 92.9 Å². The minimum absolute atomic E-state index is 0.0865.